The highest BCUT2D eigenvalue weighted by atomic mass is 19.1. The predicted molar refractivity (Wildman–Crippen MR) is 125 cm³/mol. The number of benzene rings is 1. The molecule has 1 aromatic carbocycles. The molecule has 3 atom stereocenters. The molecule has 11 heteroatoms. The molecule has 1 aliphatic rings. The number of halogens is 1. The number of ketones is 1. The van der Waals surface area contributed by atoms with E-state index in [1.165, 1.54) is 18.2 Å². The molecular formula is C24H33FN4O6. The Bertz CT molecular complexity index is 962. The summed E-state index contributed by atoms with van der Waals surface area (Å²) >= 11 is 0. The summed E-state index contributed by atoms with van der Waals surface area (Å²) in [6.45, 7) is 5.17. The van der Waals surface area contributed by atoms with Crippen LogP contribution in [-0.4, -0.2) is 59.8 Å². The molecule has 35 heavy (non-hydrogen) atoms. The van der Waals surface area contributed by atoms with Crippen molar-refractivity contribution in [3.63, 3.8) is 0 Å². The molecule has 2 rings (SSSR count). The summed E-state index contributed by atoms with van der Waals surface area (Å²) in [5.74, 6) is -5.20. The second-order valence-electron chi connectivity index (χ2n) is 9.78. The maximum absolute atomic E-state index is 13.8. The highest BCUT2D eigenvalue weighted by Gasteiger charge is 2.34. The van der Waals surface area contributed by atoms with Gasteiger partial charge in [0.15, 0.2) is 5.78 Å². The summed E-state index contributed by atoms with van der Waals surface area (Å²) in [5.41, 5.74) is -0.652. The van der Waals surface area contributed by atoms with Gasteiger partial charge in [-0.3, -0.25) is 24.0 Å². The zero-order valence-corrected chi connectivity index (χ0v) is 20.2. The Morgan fingerprint density at radius 2 is 1.80 bits per heavy atom. The lowest BCUT2D eigenvalue weighted by atomic mass is 9.87. The van der Waals surface area contributed by atoms with E-state index < -0.39 is 59.3 Å². The Kier molecular flexibility index (Phi) is 9.88. The van der Waals surface area contributed by atoms with Crippen molar-refractivity contribution in [3.8, 4) is 0 Å². The molecule has 1 fully saturated rings. The van der Waals surface area contributed by atoms with Gasteiger partial charge in [0.25, 0.3) is 0 Å². The monoisotopic (exact) mass is 492 g/mol. The molecule has 192 valence electrons. The summed E-state index contributed by atoms with van der Waals surface area (Å²) in [6.07, 6.45) is 1.38. The van der Waals surface area contributed by atoms with Gasteiger partial charge in [0.1, 0.15) is 18.5 Å². The van der Waals surface area contributed by atoms with E-state index in [0.717, 1.165) is 12.5 Å². The maximum Gasteiger partial charge on any atom is 0.313 e. The Labute approximate surface area is 203 Å². The number of hydrogen-bond donors (Lipinski definition) is 5. The van der Waals surface area contributed by atoms with Gasteiger partial charge in [-0.2, -0.15) is 0 Å². The molecule has 0 radical (unpaired) electrons. The lowest BCUT2D eigenvalue weighted by molar-refractivity contribution is -0.139. The molecule has 1 heterocycles. The predicted octanol–water partition coefficient (Wildman–Crippen LogP) is 0.648. The average Bonchev–Trinajstić information content (AvgIpc) is 2.79. The van der Waals surface area contributed by atoms with Crippen molar-refractivity contribution in [1.29, 1.82) is 0 Å². The van der Waals surface area contributed by atoms with Crippen LogP contribution in [0.5, 0.6) is 0 Å². The molecule has 1 saturated heterocycles. The van der Waals surface area contributed by atoms with Crippen LogP contribution in [0.25, 0.3) is 0 Å². The SMILES string of the molecule is CC(C)(C)C[C@H](NC(=O)C(=O)Nc1ccccc1F)C(=O)N[C@@H](C[C@@H]1CCCNC1=O)C(=O)CO. The van der Waals surface area contributed by atoms with Gasteiger partial charge in [0.05, 0.1) is 11.7 Å². The Morgan fingerprint density at radius 3 is 2.40 bits per heavy atom. The third-order valence-electron chi connectivity index (χ3n) is 5.55. The number of anilines is 1. The number of para-hydroxylation sites is 1. The standard InChI is InChI=1S/C24H33FN4O6/c1-24(2,3)12-18(29-23(35)22(34)27-16-9-5-4-8-15(16)25)21(33)28-17(19(31)13-30)11-14-7-6-10-26-20(14)32/h4-5,8-9,14,17-18,30H,6-7,10-13H2,1-3H3,(H,26,32)(H,27,34)(H,28,33)(H,29,35)/t14-,17-,18-/m0/s1. The number of amides is 4. The van der Waals surface area contributed by atoms with Gasteiger partial charge in [-0.15, -0.1) is 0 Å². The van der Waals surface area contributed by atoms with Crippen molar-refractivity contribution >= 4 is 35.1 Å². The number of aliphatic hydroxyl groups excluding tert-OH is 1. The molecule has 0 aromatic heterocycles. The van der Waals surface area contributed by atoms with E-state index in [9.17, 15) is 33.5 Å². The van der Waals surface area contributed by atoms with Crippen LogP contribution in [0.1, 0.15) is 46.5 Å². The fourth-order valence-electron chi connectivity index (χ4n) is 3.79. The van der Waals surface area contributed by atoms with E-state index in [-0.39, 0.29) is 24.4 Å². The van der Waals surface area contributed by atoms with E-state index in [1.54, 1.807) is 0 Å². The number of nitrogens with one attached hydrogen (secondary N) is 4. The summed E-state index contributed by atoms with van der Waals surface area (Å²) in [4.78, 5) is 62.3. The summed E-state index contributed by atoms with van der Waals surface area (Å²) < 4.78 is 13.8. The van der Waals surface area contributed by atoms with Crippen LogP contribution < -0.4 is 21.3 Å². The van der Waals surface area contributed by atoms with Crippen LogP contribution in [0.4, 0.5) is 10.1 Å². The molecule has 0 saturated carbocycles. The van der Waals surface area contributed by atoms with Crippen LogP contribution in [0.3, 0.4) is 0 Å². The molecule has 1 aromatic rings. The molecule has 0 aliphatic carbocycles. The Morgan fingerprint density at radius 1 is 1.11 bits per heavy atom. The zero-order chi connectivity index (χ0) is 26.2. The number of piperidine rings is 1. The van der Waals surface area contributed by atoms with E-state index in [0.29, 0.717) is 13.0 Å². The average molecular weight is 493 g/mol. The number of rotatable bonds is 9. The van der Waals surface area contributed by atoms with Crippen LogP contribution in [-0.2, 0) is 24.0 Å². The first-order chi connectivity index (χ1) is 16.4. The van der Waals surface area contributed by atoms with Gasteiger partial charge in [-0.1, -0.05) is 32.9 Å². The van der Waals surface area contributed by atoms with E-state index >= 15 is 0 Å². The number of carbonyl (C=O) groups is 5. The van der Waals surface area contributed by atoms with Crippen molar-refractivity contribution in [2.75, 3.05) is 18.5 Å². The summed E-state index contributed by atoms with van der Waals surface area (Å²) in [7, 11) is 0. The fourth-order valence-corrected chi connectivity index (χ4v) is 3.79. The van der Waals surface area contributed by atoms with E-state index in [4.69, 9.17) is 0 Å². The highest BCUT2D eigenvalue weighted by Crippen LogP contribution is 2.22. The smallest absolute Gasteiger partial charge is 0.313 e. The zero-order valence-electron chi connectivity index (χ0n) is 20.2. The first-order valence-electron chi connectivity index (χ1n) is 11.5. The fraction of sp³-hybridized carbons (Fsp3) is 0.542. The van der Waals surface area contributed by atoms with Crippen molar-refractivity contribution < 1.29 is 33.5 Å². The van der Waals surface area contributed by atoms with Gasteiger partial charge >= 0.3 is 11.8 Å². The number of Topliss-reactive ketones (excluding diaryl/α,β-unsaturated/α-hetero) is 1. The Balaban J connectivity index is 2.13. The van der Waals surface area contributed by atoms with E-state index in [2.05, 4.69) is 21.3 Å². The molecule has 0 spiro atoms. The number of hydrogen-bond acceptors (Lipinski definition) is 6. The minimum atomic E-state index is -1.21. The third kappa shape index (κ3) is 8.75. The number of aliphatic hydroxyl groups is 1. The molecular weight excluding hydrogens is 459 g/mol. The van der Waals surface area contributed by atoms with Crippen LogP contribution in [0, 0.1) is 17.2 Å². The second kappa shape index (κ2) is 12.4. The first kappa shape index (κ1) is 27.9. The van der Waals surface area contributed by atoms with Gasteiger partial charge < -0.3 is 26.4 Å². The van der Waals surface area contributed by atoms with Crippen molar-refractivity contribution in [3.05, 3.63) is 30.1 Å². The molecule has 4 amide bonds. The summed E-state index contributed by atoms with van der Waals surface area (Å²) in [5, 5.41) is 19.1. The normalized spacial score (nSPS) is 17.5. The maximum atomic E-state index is 13.8. The quantitative estimate of drug-likeness (QED) is 0.319. The second-order valence-corrected chi connectivity index (χ2v) is 9.78. The van der Waals surface area contributed by atoms with Gasteiger partial charge in [0.2, 0.25) is 11.8 Å². The topological polar surface area (TPSA) is 154 Å². The molecule has 0 unspecified atom stereocenters. The Hall–Kier alpha value is -3.34. The highest BCUT2D eigenvalue weighted by molar-refractivity contribution is 6.40. The third-order valence-corrected chi connectivity index (χ3v) is 5.55. The lowest BCUT2D eigenvalue weighted by Crippen LogP contribution is -2.55. The summed E-state index contributed by atoms with van der Waals surface area (Å²) in [6, 6.07) is 2.96. The largest absolute Gasteiger partial charge is 0.389 e. The van der Waals surface area contributed by atoms with E-state index in [1.807, 2.05) is 20.8 Å². The van der Waals surface area contributed by atoms with Gasteiger partial charge in [-0.25, -0.2) is 4.39 Å². The van der Waals surface area contributed by atoms with Crippen LogP contribution >= 0.6 is 0 Å². The molecule has 1 aliphatic heterocycles. The first-order valence-corrected chi connectivity index (χ1v) is 11.5. The minimum Gasteiger partial charge on any atom is -0.389 e. The van der Waals surface area contributed by atoms with Crippen molar-refractivity contribution in [2.24, 2.45) is 11.3 Å². The molecule has 0 bridgehead atoms. The minimum absolute atomic E-state index is 0.000914. The van der Waals surface area contributed by atoms with Crippen molar-refractivity contribution in [1.82, 2.24) is 16.0 Å². The van der Waals surface area contributed by atoms with Gasteiger partial charge in [-0.05, 0) is 43.2 Å². The van der Waals surface area contributed by atoms with Crippen LogP contribution in [0.15, 0.2) is 24.3 Å². The van der Waals surface area contributed by atoms with Crippen molar-refractivity contribution in [2.45, 2.75) is 58.5 Å². The van der Waals surface area contributed by atoms with Gasteiger partial charge in [0, 0.05) is 12.5 Å². The molecule has 10 nitrogen and oxygen atoms in total. The number of carbonyl (C=O) groups excluding carboxylic acids is 5. The van der Waals surface area contributed by atoms with Crippen LogP contribution in [0.2, 0.25) is 0 Å². The lowest BCUT2D eigenvalue weighted by Gasteiger charge is -2.29. The molecule has 5 N–H and O–H groups in total.